The number of hydrogen-bond donors (Lipinski definition) is 1. The van der Waals surface area contributed by atoms with Crippen molar-refractivity contribution >= 4 is 11.1 Å². The minimum absolute atomic E-state index is 0.140. The van der Waals surface area contributed by atoms with Gasteiger partial charge in [0.05, 0.1) is 0 Å². The zero-order valence-corrected chi connectivity index (χ0v) is 5.95. The van der Waals surface area contributed by atoms with E-state index < -0.39 is 11.1 Å². The van der Waals surface area contributed by atoms with Gasteiger partial charge < -0.3 is 9.87 Å². The van der Waals surface area contributed by atoms with Crippen LogP contribution in [0, 0.1) is 0 Å². The molecule has 1 saturated heterocycles. The Balaban J connectivity index is 2.31. The molecule has 0 spiro atoms. The fraction of sp³-hybridized carbons (Fsp3) is 1.00. The lowest BCUT2D eigenvalue weighted by atomic mass is 10.2. The number of piperidine rings is 1. The Bertz CT molecular complexity index is 112. The number of hydrogen-bond acceptors (Lipinski definition) is 3. The third kappa shape index (κ3) is 2.04. The smallest absolute Gasteiger partial charge is 0.0341 e. The monoisotopic (exact) mass is 148 g/mol. The van der Waals surface area contributed by atoms with Crippen LogP contribution in [0.25, 0.3) is 0 Å². The van der Waals surface area contributed by atoms with Gasteiger partial charge in [-0.25, -0.2) is 0 Å². The fourth-order valence-electron chi connectivity index (χ4n) is 0.984. The van der Waals surface area contributed by atoms with E-state index in [4.69, 9.17) is 0 Å². The summed E-state index contributed by atoms with van der Waals surface area (Å²) in [5.41, 5.74) is 0. The summed E-state index contributed by atoms with van der Waals surface area (Å²) in [6.07, 6.45) is 1.81. The predicted molar refractivity (Wildman–Crippen MR) is 34.8 cm³/mol. The van der Waals surface area contributed by atoms with Crippen LogP contribution in [0.3, 0.4) is 0 Å². The maximum absolute atomic E-state index is 10.3. The highest BCUT2D eigenvalue weighted by atomic mass is 32.2. The second-order valence-electron chi connectivity index (χ2n) is 2.23. The largest absolute Gasteiger partial charge is 0.772 e. The van der Waals surface area contributed by atoms with E-state index >= 15 is 0 Å². The molecule has 0 bridgehead atoms. The molecule has 2 atom stereocenters. The summed E-state index contributed by atoms with van der Waals surface area (Å²) >= 11 is -1.86. The molecule has 3 nitrogen and oxygen atoms in total. The van der Waals surface area contributed by atoms with Crippen molar-refractivity contribution in [2.45, 2.75) is 18.1 Å². The maximum Gasteiger partial charge on any atom is 0.0341 e. The summed E-state index contributed by atoms with van der Waals surface area (Å²) in [4.78, 5) is 0. The Morgan fingerprint density at radius 3 is 2.78 bits per heavy atom. The van der Waals surface area contributed by atoms with Gasteiger partial charge in [0.1, 0.15) is 0 Å². The third-order valence-corrected chi connectivity index (χ3v) is 2.47. The summed E-state index contributed by atoms with van der Waals surface area (Å²) in [7, 11) is 0. The molecule has 0 aromatic heterocycles. The Hall–Kier alpha value is 0.0700. The Kier molecular flexibility index (Phi) is 2.63. The van der Waals surface area contributed by atoms with E-state index in [0.717, 1.165) is 19.4 Å². The van der Waals surface area contributed by atoms with Crippen LogP contribution in [0.15, 0.2) is 0 Å². The van der Waals surface area contributed by atoms with E-state index in [2.05, 4.69) is 5.32 Å². The van der Waals surface area contributed by atoms with E-state index in [1.807, 2.05) is 0 Å². The zero-order chi connectivity index (χ0) is 6.69. The molecule has 0 saturated carbocycles. The first kappa shape index (κ1) is 7.18. The van der Waals surface area contributed by atoms with Gasteiger partial charge in [-0.2, -0.15) is 0 Å². The average Bonchev–Trinajstić information content (AvgIpc) is 1.90. The van der Waals surface area contributed by atoms with Crippen LogP contribution in [0.1, 0.15) is 12.8 Å². The third-order valence-electron chi connectivity index (χ3n) is 1.52. The molecule has 9 heavy (non-hydrogen) atoms. The predicted octanol–water partition coefficient (Wildman–Crippen LogP) is -0.383. The number of rotatable bonds is 1. The van der Waals surface area contributed by atoms with Crippen LogP contribution in [0.2, 0.25) is 0 Å². The zero-order valence-electron chi connectivity index (χ0n) is 5.13. The molecule has 1 heterocycles. The maximum atomic E-state index is 10.3. The van der Waals surface area contributed by atoms with Gasteiger partial charge in [0.2, 0.25) is 0 Å². The van der Waals surface area contributed by atoms with E-state index in [-0.39, 0.29) is 5.25 Å². The van der Waals surface area contributed by atoms with Gasteiger partial charge in [0.15, 0.2) is 0 Å². The van der Waals surface area contributed by atoms with E-state index in [0.29, 0.717) is 6.54 Å². The lowest BCUT2D eigenvalue weighted by Gasteiger charge is -2.24. The topological polar surface area (TPSA) is 52.2 Å². The summed E-state index contributed by atoms with van der Waals surface area (Å²) in [5.74, 6) is 0. The fourth-order valence-corrected chi connectivity index (χ4v) is 1.60. The van der Waals surface area contributed by atoms with Gasteiger partial charge in [-0.05, 0) is 19.4 Å². The van der Waals surface area contributed by atoms with Crippen LogP contribution in [0.5, 0.6) is 0 Å². The minimum Gasteiger partial charge on any atom is -0.772 e. The van der Waals surface area contributed by atoms with Crippen LogP contribution in [0.4, 0.5) is 0 Å². The minimum atomic E-state index is -1.86. The first-order valence-corrected chi connectivity index (χ1v) is 4.23. The van der Waals surface area contributed by atoms with Crippen LogP contribution >= 0.6 is 0 Å². The van der Waals surface area contributed by atoms with Crippen molar-refractivity contribution in [2.75, 3.05) is 13.1 Å². The first-order valence-electron chi connectivity index (χ1n) is 3.09. The highest BCUT2D eigenvalue weighted by Crippen LogP contribution is 2.05. The Morgan fingerprint density at radius 2 is 2.44 bits per heavy atom. The lowest BCUT2D eigenvalue weighted by Crippen LogP contribution is -2.36. The van der Waals surface area contributed by atoms with Crippen molar-refractivity contribution in [1.82, 2.24) is 5.32 Å². The molecule has 1 fully saturated rings. The second kappa shape index (κ2) is 3.29. The lowest BCUT2D eigenvalue weighted by molar-refractivity contribution is 0.471. The molecule has 1 unspecified atom stereocenters. The van der Waals surface area contributed by atoms with Crippen molar-refractivity contribution in [3.63, 3.8) is 0 Å². The molecule has 1 N–H and O–H groups in total. The molecule has 4 heteroatoms. The molecular weight excluding hydrogens is 138 g/mol. The summed E-state index contributed by atoms with van der Waals surface area (Å²) in [6.45, 7) is 1.60. The molecule has 0 aliphatic carbocycles. The van der Waals surface area contributed by atoms with E-state index in [1.54, 1.807) is 0 Å². The second-order valence-corrected chi connectivity index (χ2v) is 3.42. The van der Waals surface area contributed by atoms with Gasteiger partial charge in [-0.15, -0.1) is 0 Å². The molecular formula is C5H10NO2S-. The standard InChI is InChI=1S/C5H11NO2S/c7-9(8)5-2-1-3-6-4-5/h5-6H,1-4H2,(H,7,8)/p-1/t5-/m1/s1. The van der Waals surface area contributed by atoms with Gasteiger partial charge in [-0.3, -0.25) is 4.21 Å². The molecule has 1 rings (SSSR count). The highest BCUT2D eigenvalue weighted by Gasteiger charge is 2.12. The quantitative estimate of drug-likeness (QED) is 0.516. The van der Waals surface area contributed by atoms with Crippen molar-refractivity contribution in [3.8, 4) is 0 Å². The van der Waals surface area contributed by atoms with Crippen molar-refractivity contribution in [3.05, 3.63) is 0 Å². The van der Waals surface area contributed by atoms with Crippen molar-refractivity contribution in [1.29, 1.82) is 0 Å². The van der Waals surface area contributed by atoms with Gasteiger partial charge in [0.25, 0.3) is 0 Å². The van der Waals surface area contributed by atoms with Gasteiger partial charge in [0, 0.05) is 11.8 Å². The van der Waals surface area contributed by atoms with Crippen LogP contribution < -0.4 is 5.32 Å². The molecule has 0 aromatic carbocycles. The summed E-state index contributed by atoms with van der Waals surface area (Å²) in [6, 6.07) is 0. The summed E-state index contributed by atoms with van der Waals surface area (Å²) in [5, 5.41) is 2.88. The molecule has 0 radical (unpaired) electrons. The Labute approximate surface area is 57.1 Å². The highest BCUT2D eigenvalue weighted by molar-refractivity contribution is 7.79. The van der Waals surface area contributed by atoms with Gasteiger partial charge >= 0.3 is 0 Å². The molecule has 0 aromatic rings. The molecule has 1 aliphatic heterocycles. The van der Waals surface area contributed by atoms with E-state index in [9.17, 15) is 8.76 Å². The van der Waals surface area contributed by atoms with Crippen LogP contribution in [-0.4, -0.2) is 27.1 Å². The van der Waals surface area contributed by atoms with Crippen LogP contribution in [-0.2, 0) is 11.1 Å². The van der Waals surface area contributed by atoms with E-state index in [1.165, 1.54) is 0 Å². The molecule has 0 amide bonds. The SMILES string of the molecule is O=S([O-])[C@@H]1CCCNC1. The van der Waals surface area contributed by atoms with Crippen molar-refractivity contribution < 1.29 is 8.76 Å². The van der Waals surface area contributed by atoms with Crippen molar-refractivity contribution in [2.24, 2.45) is 0 Å². The number of nitrogens with one attached hydrogen (secondary N) is 1. The Morgan fingerprint density at radius 1 is 1.67 bits per heavy atom. The molecule has 1 aliphatic rings. The van der Waals surface area contributed by atoms with Gasteiger partial charge in [-0.1, -0.05) is 11.1 Å². The first-order chi connectivity index (χ1) is 4.30. The normalized spacial score (nSPS) is 31.9. The average molecular weight is 148 g/mol. The molecule has 54 valence electrons. The summed E-state index contributed by atoms with van der Waals surface area (Å²) < 4.78 is 20.6.